The molecule has 0 fully saturated rings. The van der Waals surface area contributed by atoms with Gasteiger partial charge in [0.1, 0.15) is 5.76 Å². The largest absolute Gasteiger partial charge is 0.465 e. The van der Waals surface area contributed by atoms with Gasteiger partial charge in [0.15, 0.2) is 5.16 Å². The number of aryl methyl sites for hydroxylation is 1. The van der Waals surface area contributed by atoms with Crippen LogP contribution in [0.1, 0.15) is 16.9 Å². The number of aromatic nitrogens is 2. The third-order valence-corrected chi connectivity index (χ3v) is 5.54. The van der Waals surface area contributed by atoms with Gasteiger partial charge in [-0.05, 0) is 48.9 Å². The van der Waals surface area contributed by atoms with Gasteiger partial charge in [0.05, 0.1) is 29.6 Å². The molecule has 0 saturated carbocycles. The van der Waals surface area contributed by atoms with Crippen molar-refractivity contribution in [3.8, 4) is 0 Å². The van der Waals surface area contributed by atoms with Gasteiger partial charge in [-0.2, -0.15) is 5.10 Å². The lowest BCUT2D eigenvalue weighted by Gasteiger charge is -2.09. The number of furan rings is 1. The third-order valence-electron chi connectivity index (χ3n) is 4.57. The molecule has 2 aromatic carbocycles. The molecule has 2 aromatic heterocycles. The molecule has 4 rings (SSSR count). The summed E-state index contributed by atoms with van der Waals surface area (Å²) in [5.41, 5.74) is 6.91. The van der Waals surface area contributed by atoms with Crippen molar-refractivity contribution in [3.05, 3.63) is 89.9 Å². The van der Waals surface area contributed by atoms with E-state index in [1.165, 1.54) is 29.1 Å². The highest BCUT2D eigenvalue weighted by Gasteiger charge is 2.13. The Morgan fingerprint density at radius 3 is 2.81 bits per heavy atom. The predicted octanol–water partition coefficient (Wildman–Crippen LogP) is 4.89. The summed E-state index contributed by atoms with van der Waals surface area (Å²) in [7, 11) is 0. The highest BCUT2D eigenvalue weighted by Crippen LogP contribution is 2.25. The lowest BCUT2D eigenvalue weighted by Crippen LogP contribution is -2.19. The molecule has 1 N–H and O–H groups in total. The van der Waals surface area contributed by atoms with Crippen molar-refractivity contribution in [2.24, 2.45) is 5.10 Å². The molecular formula is C24H22N4O2S. The summed E-state index contributed by atoms with van der Waals surface area (Å²) >= 11 is 1.40. The number of para-hydroxylation sites is 2. The molecule has 31 heavy (non-hydrogen) atoms. The molecule has 1 amide bonds. The van der Waals surface area contributed by atoms with E-state index < -0.39 is 0 Å². The molecule has 0 aliphatic carbocycles. The molecular weight excluding hydrogens is 408 g/mol. The quantitative estimate of drug-likeness (QED) is 0.245. The highest BCUT2D eigenvalue weighted by atomic mass is 32.2. The SMILES string of the molecule is Cc1ccc(Cn2c(SCC(=O)N/N=C/C=C/c3ccco3)nc3ccccc32)cc1. The average Bonchev–Trinajstić information content (AvgIpc) is 3.42. The molecule has 6 nitrogen and oxygen atoms in total. The summed E-state index contributed by atoms with van der Waals surface area (Å²) in [5.74, 6) is 0.749. The van der Waals surface area contributed by atoms with E-state index in [0.717, 1.165) is 22.0 Å². The number of hydrogen-bond donors (Lipinski definition) is 1. The fourth-order valence-electron chi connectivity index (χ4n) is 3.03. The van der Waals surface area contributed by atoms with Crippen LogP contribution in [-0.2, 0) is 11.3 Å². The first kappa shape index (κ1) is 20.7. The minimum Gasteiger partial charge on any atom is -0.465 e. The zero-order valence-corrected chi connectivity index (χ0v) is 17.9. The molecule has 7 heteroatoms. The number of amides is 1. The Kier molecular flexibility index (Phi) is 6.64. The minimum absolute atomic E-state index is 0.193. The van der Waals surface area contributed by atoms with Crippen molar-refractivity contribution in [3.63, 3.8) is 0 Å². The van der Waals surface area contributed by atoms with Crippen LogP contribution < -0.4 is 5.43 Å². The molecule has 2 heterocycles. The first-order valence-electron chi connectivity index (χ1n) is 9.85. The van der Waals surface area contributed by atoms with Gasteiger partial charge >= 0.3 is 0 Å². The Bertz CT molecular complexity index is 1210. The second kappa shape index (κ2) is 9.95. The van der Waals surface area contributed by atoms with E-state index in [2.05, 4.69) is 52.3 Å². The number of allylic oxidation sites excluding steroid dienone is 1. The Balaban J connectivity index is 1.40. The van der Waals surface area contributed by atoms with E-state index in [1.807, 2.05) is 30.3 Å². The van der Waals surface area contributed by atoms with Crippen LogP contribution in [0.15, 0.2) is 87.7 Å². The van der Waals surface area contributed by atoms with E-state index in [9.17, 15) is 4.79 Å². The van der Waals surface area contributed by atoms with Crippen molar-refractivity contribution in [1.82, 2.24) is 15.0 Å². The first-order valence-corrected chi connectivity index (χ1v) is 10.8. The number of thioether (sulfide) groups is 1. The lowest BCUT2D eigenvalue weighted by atomic mass is 10.1. The second-order valence-electron chi connectivity index (χ2n) is 6.93. The van der Waals surface area contributed by atoms with Crippen molar-refractivity contribution < 1.29 is 9.21 Å². The van der Waals surface area contributed by atoms with Gasteiger partial charge in [0.25, 0.3) is 5.91 Å². The van der Waals surface area contributed by atoms with Crippen LogP contribution in [0, 0.1) is 6.92 Å². The highest BCUT2D eigenvalue weighted by molar-refractivity contribution is 7.99. The monoisotopic (exact) mass is 430 g/mol. The van der Waals surface area contributed by atoms with E-state index in [0.29, 0.717) is 6.54 Å². The van der Waals surface area contributed by atoms with Crippen LogP contribution in [0.4, 0.5) is 0 Å². The third kappa shape index (κ3) is 5.52. The van der Waals surface area contributed by atoms with Crippen LogP contribution in [0.2, 0.25) is 0 Å². The maximum absolute atomic E-state index is 12.2. The zero-order valence-electron chi connectivity index (χ0n) is 17.1. The summed E-state index contributed by atoms with van der Waals surface area (Å²) in [6.45, 7) is 2.77. The molecule has 0 saturated heterocycles. The van der Waals surface area contributed by atoms with Crippen molar-refractivity contribution in [1.29, 1.82) is 0 Å². The first-order chi connectivity index (χ1) is 15.2. The average molecular weight is 431 g/mol. The van der Waals surface area contributed by atoms with E-state index in [-0.39, 0.29) is 11.7 Å². The molecule has 156 valence electrons. The molecule has 0 unspecified atom stereocenters. The number of rotatable bonds is 8. The van der Waals surface area contributed by atoms with Gasteiger partial charge in [-0.15, -0.1) is 0 Å². The second-order valence-corrected chi connectivity index (χ2v) is 7.87. The summed E-state index contributed by atoms with van der Waals surface area (Å²) in [6.07, 6.45) is 6.57. The van der Waals surface area contributed by atoms with Gasteiger partial charge in [-0.1, -0.05) is 53.7 Å². The lowest BCUT2D eigenvalue weighted by molar-refractivity contribution is -0.118. The molecule has 0 aliphatic rings. The van der Waals surface area contributed by atoms with E-state index >= 15 is 0 Å². The Morgan fingerprint density at radius 1 is 1.16 bits per heavy atom. The standard InChI is InChI=1S/C24H22N4O2S/c1-18-10-12-19(13-11-18)16-28-22-9-3-2-8-21(22)26-24(28)31-17-23(29)27-25-14-4-6-20-7-5-15-30-20/h2-15H,16-17H2,1H3,(H,27,29)/b6-4+,25-14+. The number of hydrazone groups is 1. The van der Waals surface area contributed by atoms with Gasteiger partial charge in [0.2, 0.25) is 0 Å². The van der Waals surface area contributed by atoms with Gasteiger partial charge in [0, 0.05) is 6.21 Å². The Morgan fingerprint density at radius 2 is 2.00 bits per heavy atom. The summed E-state index contributed by atoms with van der Waals surface area (Å²) in [5, 5.41) is 4.73. The normalized spacial score (nSPS) is 11.6. The van der Waals surface area contributed by atoms with Crippen LogP contribution >= 0.6 is 11.8 Å². The smallest absolute Gasteiger partial charge is 0.250 e. The number of carbonyl (C=O) groups is 1. The number of carbonyl (C=O) groups excluding carboxylic acids is 1. The van der Waals surface area contributed by atoms with Crippen molar-refractivity contribution in [2.45, 2.75) is 18.6 Å². The molecule has 0 spiro atoms. The van der Waals surface area contributed by atoms with Gasteiger partial charge < -0.3 is 8.98 Å². The van der Waals surface area contributed by atoms with Gasteiger partial charge in [-0.3, -0.25) is 4.79 Å². The fourth-order valence-corrected chi connectivity index (χ4v) is 3.84. The number of nitrogens with zero attached hydrogens (tertiary/aromatic N) is 3. The summed E-state index contributed by atoms with van der Waals surface area (Å²) in [6, 6.07) is 20.1. The maximum Gasteiger partial charge on any atom is 0.250 e. The molecule has 0 atom stereocenters. The van der Waals surface area contributed by atoms with Crippen LogP contribution in [0.5, 0.6) is 0 Å². The topological polar surface area (TPSA) is 72.4 Å². The van der Waals surface area contributed by atoms with Crippen molar-refractivity contribution >= 4 is 41.0 Å². The van der Waals surface area contributed by atoms with Crippen LogP contribution in [-0.4, -0.2) is 27.4 Å². The van der Waals surface area contributed by atoms with Gasteiger partial charge in [-0.25, -0.2) is 10.4 Å². The maximum atomic E-state index is 12.2. The zero-order chi connectivity index (χ0) is 21.5. The number of nitrogens with one attached hydrogen (secondary N) is 1. The van der Waals surface area contributed by atoms with Crippen LogP contribution in [0.3, 0.4) is 0 Å². The fraction of sp³-hybridized carbons (Fsp3) is 0.125. The van der Waals surface area contributed by atoms with Crippen molar-refractivity contribution in [2.75, 3.05) is 5.75 Å². The summed E-state index contributed by atoms with van der Waals surface area (Å²) < 4.78 is 7.33. The number of fused-ring (bicyclic) bond motifs is 1. The molecule has 0 bridgehead atoms. The van der Waals surface area contributed by atoms with Crippen LogP contribution in [0.25, 0.3) is 17.1 Å². The summed E-state index contributed by atoms with van der Waals surface area (Å²) in [4.78, 5) is 16.9. The van der Waals surface area contributed by atoms with E-state index in [4.69, 9.17) is 9.40 Å². The number of imidazole rings is 1. The minimum atomic E-state index is -0.193. The Labute approximate surface area is 184 Å². The number of hydrogen-bond acceptors (Lipinski definition) is 5. The molecule has 0 radical (unpaired) electrons. The molecule has 0 aliphatic heterocycles. The Hall–Kier alpha value is -3.58. The number of benzene rings is 2. The predicted molar refractivity (Wildman–Crippen MR) is 125 cm³/mol. The molecule has 4 aromatic rings. The van der Waals surface area contributed by atoms with E-state index in [1.54, 1.807) is 18.4 Å².